The lowest BCUT2D eigenvalue weighted by atomic mass is 10.1. The Balaban J connectivity index is 1.86. The fourth-order valence-corrected chi connectivity index (χ4v) is 3.13. The Morgan fingerprint density at radius 1 is 0.903 bits per heavy atom. The van der Waals surface area contributed by atoms with Crippen molar-refractivity contribution in [3.05, 3.63) is 84.2 Å². The van der Waals surface area contributed by atoms with E-state index in [0.717, 1.165) is 44.6 Å². The van der Waals surface area contributed by atoms with Crippen LogP contribution in [0.1, 0.15) is 11.1 Å². The second-order valence-electron chi connectivity index (χ2n) is 7.24. The van der Waals surface area contributed by atoms with Gasteiger partial charge in [-0.2, -0.15) is 0 Å². The van der Waals surface area contributed by atoms with E-state index in [-0.39, 0.29) is 6.61 Å². The van der Waals surface area contributed by atoms with Crippen LogP contribution >= 0.6 is 0 Å². The van der Waals surface area contributed by atoms with Gasteiger partial charge in [0, 0.05) is 10.8 Å². The number of rotatable bonds is 10. The second-order valence-corrected chi connectivity index (χ2v) is 7.24. The van der Waals surface area contributed by atoms with Crippen LogP contribution in [0.2, 0.25) is 0 Å². The van der Waals surface area contributed by atoms with Crippen LogP contribution in [-0.2, 0) is 4.74 Å². The zero-order chi connectivity index (χ0) is 22.4. The van der Waals surface area contributed by atoms with E-state index in [1.165, 1.54) is 0 Å². The number of aliphatic hydroxyl groups excluding tert-OH is 1. The molecule has 0 saturated heterocycles. The van der Waals surface area contributed by atoms with Crippen molar-refractivity contribution in [1.29, 1.82) is 0 Å². The van der Waals surface area contributed by atoms with Crippen LogP contribution in [0.3, 0.4) is 0 Å². The predicted molar refractivity (Wildman–Crippen MR) is 125 cm³/mol. The first-order valence-corrected chi connectivity index (χ1v) is 10.0. The summed E-state index contributed by atoms with van der Waals surface area (Å²) in [6.45, 7) is 12.2. The van der Waals surface area contributed by atoms with Crippen molar-refractivity contribution in [2.75, 3.05) is 26.9 Å². The minimum absolute atomic E-state index is 0.0662. The van der Waals surface area contributed by atoms with E-state index >= 15 is 0 Å². The molecule has 0 aliphatic carbocycles. The van der Waals surface area contributed by atoms with Gasteiger partial charge in [-0.25, -0.2) is 0 Å². The van der Waals surface area contributed by atoms with Gasteiger partial charge in [0.05, 0.1) is 13.7 Å². The maximum Gasteiger partial charge on any atom is 0.135 e. The summed E-state index contributed by atoms with van der Waals surface area (Å²) in [5.74, 6) is 2.14. The molecule has 0 radical (unpaired) electrons. The number of aliphatic hydroxyl groups is 1. The summed E-state index contributed by atoms with van der Waals surface area (Å²) in [7, 11) is 1.58. The van der Waals surface area contributed by atoms with Gasteiger partial charge in [0.1, 0.15) is 41.6 Å². The second kappa shape index (κ2) is 10.0. The van der Waals surface area contributed by atoms with Gasteiger partial charge in [0.2, 0.25) is 0 Å². The van der Waals surface area contributed by atoms with Crippen molar-refractivity contribution in [1.82, 2.24) is 0 Å². The number of hydrogen-bond acceptors (Lipinski definition) is 5. The van der Waals surface area contributed by atoms with E-state index < -0.39 is 0 Å². The van der Waals surface area contributed by atoms with Gasteiger partial charge in [0.25, 0.3) is 0 Å². The monoisotopic (exact) mass is 420 g/mol. The molecule has 0 spiro atoms. The number of hydrogen-bond donors (Lipinski definition) is 1. The molecule has 0 atom stereocenters. The largest absolute Gasteiger partial charge is 0.497 e. The van der Waals surface area contributed by atoms with E-state index in [0.29, 0.717) is 24.5 Å². The maximum atomic E-state index is 9.01. The van der Waals surface area contributed by atoms with Crippen molar-refractivity contribution in [3.8, 4) is 11.5 Å². The van der Waals surface area contributed by atoms with Gasteiger partial charge in [-0.15, -0.1) is 0 Å². The molecule has 1 aromatic heterocycles. The van der Waals surface area contributed by atoms with Crippen molar-refractivity contribution in [2.24, 2.45) is 0 Å². The molecule has 0 aliphatic rings. The summed E-state index contributed by atoms with van der Waals surface area (Å²) in [5.41, 5.74) is 4.22. The van der Waals surface area contributed by atoms with Crippen LogP contribution in [0.5, 0.6) is 11.5 Å². The minimum Gasteiger partial charge on any atom is -0.497 e. The molecule has 0 aliphatic heterocycles. The van der Waals surface area contributed by atoms with Crippen LogP contribution in [0.4, 0.5) is 0 Å². The van der Waals surface area contributed by atoms with Crippen molar-refractivity contribution in [2.45, 2.75) is 13.8 Å². The number of fused-ring (bicyclic) bond motifs is 3. The van der Waals surface area contributed by atoms with Crippen molar-refractivity contribution >= 4 is 21.9 Å². The lowest BCUT2D eigenvalue weighted by Crippen LogP contribution is -1.96. The molecule has 0 unspecified atom stereocenters. The topological polar surface area (TPSA) is 61.1 Å². The maximum absolute atomic E-state index is 9.01. The number of furan rings is 1. The summed E-state index contributed by atoms with van der Waals surface area (Å²) >= 11 is 0. The van der Waals surface area contributed by atoms with Crippen LogP contribution in [0.15, 0.2) is 77.5 Å². The van der Waals surface area contributed by atoms with Gasteiger partial charge in [-0.05, 0) is 73.0 Å². The summed E-state index contributed by atoms with van der Waals surface area (Å²) < 4.78 is 22.9. The van der Waals surface area contributed by atoms with Gasteiger partial charge < -0.3 is 23.7 Å². The van der Waals surface area contributed by atoms with Gasteiger partial charge in [-0.1, -0.05) is 19.2 Å². The first kappa shape index (κ1) is 22.2. The average molecular weight is 421 g/mol. The molecule has 5 heteroatoms. The van der Waals surface area contributed by atoms with E-state index in [1.807, 2.05) is 50.3 Å². The van der Waals surface area contributed by atoms with Crippen LogP contribution in [-0.4, -0.2) is 32.0 Å². The Labute approximate surface area is 182 Å². The first-order chi connectivity index (χ1) is 14.9. The normalized spacial score (nSPS) is 11.6. The molecule has 31 heavy (non-hydrogen) atoms. The fraction of sp³-hybridized carbons (Fsp3) is 0.231. The number of benzene rings is 2. The Morgan fingerprint density at radius 3 is 1.90 bits per heavy atom. The molecule has 3 rings (SSSR count). The number of methoxy groups -OCH3 is 1. The van der Waals surface area contributed by atoms with E-state index in [1.54, 1.807) is 19.3 Å². The highest BCUT2D eigenvalue weighted by atomic mass is 16.5. The molecule has 162 valence electrons. The lowest BCUT2D eigenvalue weighted by Gasteiger charge is -2.08. The van der Waals surface area contributed by atoms with E-state index in [9.17, 15) is 0 Å². The molecule has 0 saturated carbocycles. The standard InChI is InChI=1S/C26H28O5/c1-17(16-27)8-6-10-29-23-14-21-22-15-24(30-11-7-9-20(4)28-5)19(3)13-26(22)31-25(21)12-18(23)2/h6-9,12-15,27H,1,4,10-11,16H2,2-3,5H3. The molecule has 1 heterocycles. The number of aryl methyl sites for hydroxylation is 2. The Morgan fingerprint density at radius 2 is 1.42 bits per heavy atom. The summed E-state index contributed by atoms with van der Waals surface area (Å²) in [6.07, 6.45) is 7.22. The van der Waals surface area contributed by atoms with E-state index in [4.69, 9.17) is 23.7 Å². The number of allylic oxidation sites excluding steroid dienone is 1. The molecule has 2 aromatic carbocycles. The Kier molecular flexibility index (Phi) is 7.21. The highest BCUT2D eigenvalue weighted by Gasteiger charge is 2.13. The highest BCUT2D eigenvalue weighted by molar-refractivity contribution is 6.06. The van der Waals surface area contributed by atoms with Gasteiger partial charge in [0.15, 0.2) is 0 Å². The zero-order valence-electron chi connectivity index (χ0n) is 18.2. The minimum atomic E-state index is -0.0662. The predicted octanol–water partition coefficient (Wildman–Crippen LogP) is 5.78. The van der Waals surface area contributed by atoms with Crippen molar-refractivity contribution < 1.29 is 23.7 Å². The average Bonchev–Trinajstić information content (AvgIpc) is 3.09. The Bertz CT molecular complexity index is 1070. The highest BCUT2D eigenvalue weighted by Crippen LogP contribution is 2.36. The molecular weight excluding hydrogens is 392 g/mol. The first-order valence-electron chi connectivity index (χ1n) is 10.0. The molecule has 1 N–H and O–H groups in total. The smallest absolute Gasteiger partial charge is 0.135 e. The SMILES string of the molecule is C=C(C=CCOc1cc2c(cc1C)oc1cc(C)c(OCC=CC(=C)OC)cc12)CO. The van der Waals surface area contributed by atoms with Gasteiger partial charge >= 0.3 is 0 Å². The zero-order valence-corrected chi connectivity index (χ0v) is 18.2. The van der Waals surface area contributed by atoms with Crippen molar-refractivity contribution in [3.63, 3.8) is 0 Å². The third-order valence-electron chi connectivity index (χ3n) is 4.86. The fourth-order valence-electron chi connectivity index (χ4n) is 3.13. The number of ether oxygens (including phenoxy) is 3. The molecule has 0 fully saturated rings. The van der Waals surface area contributed by atoms with Gasteiger partial charge in [-0.3, -0.25) is 0 Å². The molecular formula is C26H28O5. The molecule has 5 nitrogen and oxygen atoms in total. The molecule has 0 amide bonds. The van der Waals surface area contributed by atoms with Crippen LogP contribution in [0.25, 0.3) is 21.9 Å². The third kappa shape index (κ3) is 5.38. The van der Waals surface area contributed by atoms with Crippen LogP contribution in [0, 0.1) is 13.8 Å². The summed E-state index contributed by atoms with van der Waals surface area (Å²) in [4.78, 5) is 0. The molecule has 3 aromatic rings. The third-order valence-corrected chi connectivity index (χ3v) is 4.86. The lowest BCUT2D eigenvalue weighted by molar-refractivity contribution is 0.307. The Hall–Kier alpha value is -3.44. The van der Waals surface area contributed by atoms with Crippen LogP contribution < -0.4 is 9.47 Å². The molecule has 0 bridgehead atoms. The summed E-state index contributed by atoms with van der Waals surface area (Å²) in [5, 5.41) is 10.9. The summed E-state index contributed by atoms with van der Waals surface area (Å²) in [6, 6.07) is 7.96. The quantitative estimate of drug-likeness (QED) is 0.333. The van der Waals surface area contributed by atoms with E-state index in [2.05, 4.69) is 13.2 Å².